The fourth-order valence-corrected chi connectivity index (χ4v) is 3.51. The zero-order valence-corrected chi connectivity index (χ0v) is 17.4. The summed E-state index contributed by atoms with van der Waals surface area (Å²) < 4.78 is 14.5. The van der Waals surface area contributed by atoms with Gasteiger partial charge in [0, 0.05) is 17.5 Å². The molecule has 0 bridgehead atoms. The number of hydrogen-bond donors (Lipinski definition) is 2. The number of ketones is 1. The molecule has 0 spiro atoms. The molecule has 1 aromatic heterocycles. The topological polar surface area (TPSA) is 105 Å². The quantitative estimate of drug-likeness (QED) is 0.277. The number of rotatable bonds is 6. The third-order valence-corrected chi connectivity index (χ3v) is 4.89. The number of aromatic amines is 1. The van der Waals surface area contributed by atoms with Gasteiger partial charge in [-0.15, -0.1) is 0 Å². The molecule has 0 saturated carbocycles. The number of carbonyl (C=O) groups excluding carboxylic acids is 1. The molecule has 2 aromatic carbocycles. The molecule has 0 atom stereocenters. The Morgan fingerprint density at radius 2 is 1.97 bits per heavy atom. The van der Waals surface area contributed by atoms with Gasteiger partial charge in [0.1, 0.15) is 22.6 Å². The average molecular weight is 452 g/mol. The summed E-state index contributed by atoms with van der Waals surface area (Å²) in [5.41, 5.74) is -1.95. The number of halogens is 3. The lowest BCUT2D eigenvalue weighted by atomic mass is 9.99. The molecule has 3 rings (SSSR count). The van der Waals surface area contributed by atoms with E-state index in [0.717, 1.165) is 12.1 Å². The van der Waals surface area contributed by atoms with E-state index in [2.05, 4.69) is 10.3 Å². The Morgan fingerprint density at radius 3 is 2.57 bits per heavy atom. The minimum Gasteiger partial charge on any atom is -0.340 e. The van der Waals surface area contributed by atoms with Gasteiger partial charge >= 0.3 is 0 Å². The zero-order valence-electron chi connectivity index (χ0n) is 15.9. The number of nitro benzene ring substituents is 1. The maximum atomic E-state index is 14.5. The summed E-state index contributed by atoms with van der Waals surface area (Å²) in [7, 11) is 0. The molecule has 0 saturated heterocycles. The SMILES string of the molecule is CC(C)CC(=O)c1c(Nc2ccc(Cl)cc2Cl)[nH]c2c(F)ccc([N+](=O)[O-])c2c1=O. The van der Waals surface area contributed by atoms with E-state index < -0.39 is 33.0 Å². The molecule has 0 amide bonds. The summed E-state index contributed by atoms with van der Waals surface area (Å²) in [5, 5.41) is 14.3. The fourth-order valence-electron chi connectivity index (χ4n) is 3.05. The Hall–Kier alpha value is -2.97. The minimum atomic E-state index is -0.937. The normalized spacial score (nSPS) is 11.1. The highest BCUT2D eigenvalue weighted by molar-refractivity contribution is 6.36. The summed E-state index contributed by atoms with van der Waals surface area (Å²) >= 11 is 12.1. The van der Waals surface area contributed by atoms with Crippen LogP contribution in [0.3, 0.4) is 0 Å². The molecule has 10 heteroatoms. The number of Topliss-reactive ketones (excluding diaryl/α,β-unsaturated/α-hetero) is 1. The summed E-state index contributed by atoms with van der Waals surface area (Å²) in [6.45, 7) is 3.58. The third-order valence-electron chi connectivity index (χ3n) is 4.35. The number of nitro groups is 1. The first-order valence-corrected chi connectivity index (χ1v) is 9.64. The van der Waals surface area contributed by atoms with Gasteiger partial charge in [0.2, 0.25) is 5.43 Å². The van der Waals surface area contributed by atoms with Crippen molar-refractivity contribution in [1.29, 1.82) is 0 Å². The molecule has 7 nitrogen and oxygen atoms in total. The highest BCUT2D eigenvalue weighted by atomic mass is 35.5. The number of carbonyl (C=O) groups is 1. The fraction of sp³-hybridized carbons (Fsp3) is 0.200. The van der Waals surface area contributed by atoms with E-state index in [1.54, 1.807) is 13.8 Å². The van der Waals surface area contributed by atoms with Crippen molar-refractivity contribution >= 4 is 57.1 Å². The van der Waals surface area contributed by atoms with Crippen molar-refractivity contribution in [3.63, 3.8) is 0 Å². The number of nitrogens with zero attached hydrogens (tertiary/aromatic N) is 1. The van der Waals surface area contributed by atoms with Crippen LogP contribution in [0, 0.1) is 21.8 Å². The van der Waals surface area contributed by atoms with E-state index in [1.807, 2.05) is 0 Å². The van der Waals surface area contributed by atoms with Crippen LogP contribution in [-0.2, 0) is 0 Å². The van der Waals surface area contributed by atoms with Crippen LogP contribution in [0.15, 0.2) is 35.1 Å². The van der Waals surface area contributed by atoms with E-state index in [4.69, 9.17) is 23.2 Å². The molecule has 3 aromatic rings. The van der Waals surface area contributed by atoms with Crippen molar-refractivity contribution in [3.8, 4) is 0 Å². The van der Waals surface area contributed by atoms with Crippen LogP contribution in [0.2, 0.25) is 10.0 Å². The van der Waals surface area contributed by atoms with Gasteiger partial charge in [0.05, 0.1) is 21.2 Å². The largest absolute Gasteiger partial charge is 0.340 e. The lowest BCUT2D eigenvalue weighted by Gasteiger charge is -2.15. The summed E-state index contributed by atoms with van der Waals surface area (Å²) in [4.78, 5) is 39.3. The van der Waals surface area contributed by atoms with Crippen molar-refractivity contribution in [3.05, 3.63) is 72.1 Å². The van der Waals surface area contributed by atoms with Gasteiger partial charge in [-0.2, -0.15) is 0 Å². The number of aromatic nitrogens is 1. The van der Waals surface area contributed by atoms with Crippen LogP contribution in [0.25, 0.3) is 10.9 Å². The average Bonchev–Trinajstić information content (AvgIpc) is 2.64. The Bertz CT molecular complexity index is 1240. The number of hydrogen-bond acceptors (Lipinski definition) is 5. The number of non-ortho nitro benzene ring substituents is 1. The van der Waals surface area contributed by atoms with Crippen LogP contribution in [-0.4, -0.2) is 15.7 Å². The number of pyridine rings is 1. The first-order chi connectivity index (χ1) is 14.1. The number of H-pyrrole nitrogens is 1. The second-order valence-electron chi connectivity index (χ2n) is 7.05. The maximum Gasteiger partial charge on any atom is 0.282 e. The molecule has 2 N–H and O–H groups in total. The number of benzene rings is 2. The van der Waals surface area contributed by atoms with Crippen LogP contribution in [0.5, 0.6) is 0 Å². The van der Waals surface area contributed by atoms with Crippen LogP contribution < -0.4 is 10.7 Å². The van der Waals surface area contributed by atoms with Crippen molar-refractivity contribution < 1.29 is 14.1 Å². The summed E-state index contributed by atoms with van der Waals surface area (Å²) in [5.74, 6) is -1.61. The smallest absolute Gasteiger partial charge is 0.282 e. The molecule has 0 aliphatic heterocycles. The summed E-state index contributed by atoms with van der Waals surface area (Å²) in [6, 6.07) is 6.28. The number of nitrogens with one attached hydrogen (secondary N) is 2. The Kier molecular flexibility index (Phi) is 6.09. The first-order valence-electron chi connectivity index (χ1n) is 8.88. The first kappa shape index (κ1) is 21.7. The van der Waals surface area contributed by atoms with Crippen molar-refractivity contribution in [2.45, 2.75) is 20.3 Å². The van der Waals surface area contributed by atoms with Gasteiger partial charge in [-0.3, -0.25) is 19.7 Å². The Labute approximate surface area is 180 Å². The number of anilines is 2. The zero-order chi connectivity index (χ0) is 22.2. The standard InChI is InChI=1S/C20H16Cl2FN3O4/c1-9(2)7-15(27)17-19(28)16-14(26(29)30)6-4-12(23)18(16)25-20(17)24-13-5-3-10(21)8-11(13)22/h3-6,8-9H,7H2,1-2H3,(H2,24,25,28). The predicted molar refractivity (Wildman–Crippen MR) is 115 cm³/mol. The molecule has 30 heavy (non-hydrogen) atoms. The van der Waals surface area contributed by atoms with Crippen LogP contribution >= 0.6 is 23.2 Å². The van der Waals surface area contributed by atoms with Crippen molar-refractivity contribution in [2.75, 3.05) is 5.32 Å². The highest BCUT2D eigenvalue weighted by Crippen LogP contribution is 2.32. The van der Waals surface area contributed by atoms with E-state index in [9.17, 15) is 24.1 Å². The van der Waals surface area contributed by atoms with Crippen LogP contribution in [0.4, 0.5) is 21.6 Å². The lowest BCUT2D eigenvalue weighted by Crippen LogP contribution is -2.21. The van der Waals surface area contributed by atoms with Gasteiger partial charge in [0.15, 0.2) is 5.78 Å². The molecule has 0 aliphatic rings. The van der Waals surface area contributed by atoms with E-state index in [0.29, 0.717) is 10.7 Å². The molecule has 0 aliphatic carbocycles. The van der Waals surface area contributed by atoms with Gasteiger partial charge in [-0.05, 0) is 30.2 Å². The number of fused-ring (bicyclic) bond motifs is 1. The van der Waals surface area contributed by atoms with E-state index in [1.165, 1.54) is 18.2 Å². The molecular weight excluding hydrogens is 436 g/mol. The Balaban J connectivity index is 2.34. The van der Waals surface area contributed by atoms with Gasteiger partial charge in [-0.1, -0.05) is 37.0 Å². The minimum absolute atomic E-state index is 0.0146. The van der Waals surface area contributed by atoms with Crippen LogP contribution in [0.1, 0.15) is 30.6 Å². The van der Waals surface area contributed by atoms with E-state index >= 15 is 0 Å². The second-order valence-corrected chi connectivity index (χ2v) is 7.89. The molecule has 0 fully saturated rings. The molecule has 1 heterocycles. The predicted octanol–water partition coefficient (Wildman–Crippen LogP) is 5.85. The summed E-state index contributed by atoms with van der Waals surface area (Å²) in [6.07, 6.45) is 0.0146. The monoisotopic (exact) mass is 451 g/mol. The van der Waals surface area contributed by atoms with Crippen molar-refractivity contribution in [2.24, 2.45) is 5.92 Å². The molecule has 0 radical (unpaired) electrons. The molecule has 156 valence electrons. The maximum absolute atomic E-state index is 14.5. The molecular formula is C20H16Cl2FN3O4. The third kappa shape index (κ3) is 4.15. The Morgan fingerprint density at radius 1 is 1.27 bits per heavy atom. The van der Waals surface area contributed by atoms with Gasteiger partial charge < -0.3 is 10.3 Å². The lowest BCUT2D eigenvalue weighted by molar-refractivity contribution is -0.383. The van der Waals surface area contributed by atoms with Crippen molar-refractivity contribution in [1.82, 2.24) is 4.98 Å². The second kappa shape index (κ2) is 8.41. The van der Waals surface area contributed by atoms with E-state index in [-0.39, 0.29) is 34.3 Å². The van der Waals surface area contributed by atoms with Gasteiger partial charge in [-0.25, -0.2) is 4.39 Å². The molecule has 0 unspecified atom stereocenters. The highest BCUT2D eigenvalue weighted by Gasteiger charge is 2.26. The van der Waals surface area contributed by atoms with Gasteiger partial charge in [0.25, 0.3) is 5.69 Å².